The molecule has 1 aliphatic heterocycles. The minimum Gasteiger partial charge on any atom is -0.411 e. The third-order valence-electron chi connectivity index (χ3n) is 4.39. The molecule has 1 aliphatic carbocycles. The molecule has 0 amide bonds. The number of carbonyl (C=O) groups is 3. The Balaban J connectivity index is 2.12. The average Bonchev–Trinajstić information content (AvgIpc) is 2.85. The van der Waals surface area contributed by atoms with Gasteiger partial charge in [0.1, 0.15) is 6.10 Å². The zero-order valence-corrected chi connectivity index (χ0v) is 12.5. The number of carbonyl (C=O) groups excluding carboxylic acids is 3. The van der Waals surface area contributed by atoms with Crippen LogP contribution in [0.2, 0.25) is 0 Å². The van der Waals surface area contributed by atoms with Crippen LogP contribution >= 0.6 is 0 Å². The van der Waals surface area contributed by atoms with E-state index in [1.807, 2.05) is 0 Å². The number of benzene rings is 1. The topological polar surface area (TPSA) is 116 Å². The quantitative estimate of drug-likeness (QED) is 0.550. The third-order valence-corrected chi connectivity index (χ3v) is 4.39. The average molecular weight is 359 g/mol. The van der Waals surface area contributed by atoms with Gasteiger partial charge in [-0.15, -0.1) is 0 Å². The Morgan fingerprint density at radius 2 is 1.60 bits per heavy atom. The van der Waals surface area contributed by atoms with Crippen LogP contribution in [0.5, 0.6) is 0 Å². The monoisotopic (exact) mass is 359 g/mol. The van der Waals surface area contributed by atoms with E-state index in [2.05, 4.69) is 0 Å². The van der Waals surface area contributed by atoms with Crippen LogP contribution in [-0.2, 0) is 35.6 Å². The molecule has 25 heavy (non-hydrogen) atoms. The second-order valence-corrected chi connectivity index (χ2v) is 5.83. The van der Waals surface area contributed by atoms with Gasteiger partial charge in [-0.05, 0) is 24.1 Å². The highest BCUT2D eigenvalue weighted by molar-refractivity contribution is 6.31. The van der Waals surface area contributed by atoms with Crippen molar-refractivity contribution >= 4 is 17.7 Å². The molecule has 2 aliphatic rings. The largest absolute Gasteiger partial charge is 0.420 e. The Labute approximate surface area is 138 Å². The van der Waals surface area contributed by atoms with Gasteiger partial charge in [-0.2, -0.15) is 13.2 Å². The van der Waals surface area contributed by atoms with Gasteiger partial charge in [0.25, 0.3) is 5.79 Å². The summed E-state index contributed by atoms with van der Waals surface area (Å²) >= 11 is 0. The lowest BCUT2D eigenvalue weighted by molar-refractivity contribution is -0.226. The number of aliphatic hydroxyl groups is 1. The van der Waals surface area contributed by atoms with Crippen LogP contribution in [0.3, 0.4) is 0 Å². The van der Waals surface area contributed by atoms with E-state index in [0.717, 1.165) is 12.1 Å². The van der Waals surface area contributed by atoms with Gasteiger partial charge >= 0.3 is 18.1 Å². The van der Waals surface area contributed by atoms with Crippen molar-refractivity contribution in [2.45, 2.75) is 36.4 Å². The van der Waals surface area contributed by atoms with Crippen LogP contribution in [0.25, 0.3) is 0 Å². The molecule has 7 nitrogen and oxygen atoms in total. The van der Waals surface area contributed by atoms with Crippen LogP contribution in [0.1, 0.15) is 24.0 Å². The van der Waals surface area contributed by atoms with E-state index in [0.29, 0.717) is 12.1 Å². The SMILES string of the molecule is NC1(c2ccc(C(F)(F)F)cc2)C(=O)C(O)CCC12OC(=O)C(=O)O2. The maximum absolute atomic E-state index is 12.7. The van der Waals surface area contributed by atoms with Crippen molar-refractivity contribution in [2.75, 3.05) is 0 Å². The van der Waals surface area contributed by atoms with Gasteiger partial charge in [-0.25, -0.2) is 9.59 Å². The number of Topliss-reactive ketones (excluding diaryl/α,β-unsaturated/α-hetero) is 1. The normalized spacial score (nSPS) is 28.8. The minimum absolute atomic E-state index is 0.188. The molecule has 134 valence electrons. The van der Waals surface area contributed by atoms with Crippen LogP contribution < -0.4 is 5.73 Å². The van der Waals surface area contributed by atoms with E-state index in [9.17, 15) is 32.7 Å². The maximum atomic E-state index is 12.7. The van der Waals surface area contributed by atoms with Gasteiger partial charge in [0.2, 0.25) is 0 Å². The number of alkyl halides is 3. The highest BCUT2D eigenvalue weighted by Crippen LogP contribution is 2.47. The Kier molecular flexibility index (Phi) is 3.66. The number of ketones is 1. The highest BCUT2D eigenvalue weighted by Gasteiger charge is 2.68. The van der Waals surface area contributed by atoms with E-state index in [4.69, 9.17) is 15.2 Å². The highest BCUT2D eigenvalue weighted by atomic mass is 19.4. The lowest BCUT2D eigenvalue weighted by Crippen LogP contribution is -2.68. The number of halogens is 3. The van der Waals surface area contributed by atoms with Crippen LogP contribution in [0.4, 0.5) is 13.2 Å². The van der Waals surface area contributed by atoms with Crippen molar-refractivity contribution in [2.24, 2.45) is 5.73 Å². The van der Waals surface area contributed by atoms with Gasteiger partial charge < -0.3 is 20.3 Å². The summed E-state index contributed by atoms with van der Waals surface area (Å²) in [5.74, 6) is -5.98. The standard InChI is InChI=1S/C15H12F3NO6/c16-15(17,18)8-3-1-7(2-4-8)14(19)10(21)9(20)5-6-13(14)24-11(22)12(23)25-13/h1-4,9,20H,5-6,19H2. The van der Waals surface area contributed by atoms with E-state index in [1.165, 1.54) is 0 Å². The van der Waals surface area contributed by atoms with Gasteiger partial charge in [0, 0.05) is 6.42 Å². The van der Waals surface area contributed by atoms with Crippen LogP contribution in [0, 0.1) is 0 Å². The molecule has 1 spiro atoms. The number of nitrogens with two attached hydrogens (primary N) is 1. The summed E-state index contributed by atoms with van der Waals surface area (Å²) in [5.41, 5.74) is 2.58. The number of esters is 2. The minimum atomic E-state index is -4.61. The second kappa shape index (κ2) is 5.27. The van der Waals surface area contributed by atoms with Gasteiger partial charge in [-0.1, -0.05) is 12.1 Å². The number of ether oxygens (including phenoxy) is 2. The fraction of sp³-hybridized carbons (Fsp3) is 0.400. The molecule has 1 saturated heterocycles. The molecule has 2 fully saturated rings. The molecule has 1 saturated carbocycles. The van der Waals surface area contributed by atoms with Crippen molar-refractivity contribution < 1.29 is 42.1 Å². The molecule has 0 aromatic heterocycles. The lowest BCUT2D eigenvalue weighted by Gasteiger charge is -2.45. The zero-order chi connectivity index (χ0) is 18.6. The van der Waals surface area contributed by atoms with Gasteiger partial charge in [0.05, 0.1) is 5.56 Å². The Hall–Kier alpha value is -2.46. The molecular weight excluding hydrogens is 347 g/mol. The first-order chi connectivity index (χ1) is 11.5. The number of rotatable bonds is 1. The Morgan fingerprint density at radius 3 is 2.08 bits per heavy atom. The van der Waals surface area contributed by atoms with Gasteiger partial charge in [-0.3, -0.25) is 4.79 Å². The molecule has 1 aromatic rings. The predicted octanol–water partition coefficient (Wildman–Crippen LogP) is 0.380. The van der Waals surface area contributed by atoms with E-state index in [1.54, 1.807) is 0 Å². The summed E-state index contributed by atoms with van der Waals surface area (Å²) in [6, 6.07) is 3.20. The molecule has 1 aromatic carbocycles. The molecule has 2 unspecified atom stereocenters. The maximum Gasteiger partial charge on any atom is 0.420 e. The number of hydrogen-bond acceptors (Lipinski definition) is 7. The van der Waals surface area contributed by atoms with E-state index >= 15 is 0 Å². The lowest BCUT2D eigenvalue weighted by atomic mass is 9.70. The first kappa shape index (κ1) is 17.4. The molecule has 1 heterocycles. The van der Waals surface area contributed by atoms with Crippen molar-refractivity contribution in [3.05, 3.63) is 35.4 Å². The van der Waals surface area contributed by atoms with Crippen LogP contribution in [0.15, 0.2) is 24.3 Å². The van der Waals surface area contributed by atoms with Crippen molar-refractivity contribution in [1.29, 1.82) is 0 Å². The predicted molar refractivity (Wildman–Crippen MR) is 72.5 cm³/mol. The van der Waals surface area contributed by atoms with E-state index < -0.39 is 46.9 Å². The number of hydrogen-bond donors (Lipinski definition) is 2. The number of aliphatic hydroxyl groups excluding tert-OH is 1. The summed E-state index contributed by atoms with van der Waals surface area (Å²) < 4.78 is 47.9. The molecule has 0 bridgehead atoms. The summed E-state index contributed by atoms with van der Waals surface area (Å²) in [6.07, 6.45) is -6.63. The summed E-state index contributed by atoms with van der Waals surface area (Å²) in [6.45, 7) is 0. The molecule has 3 rings (SSSR count). The van der Waals surface area contributed by atoms with Crippen molar-refractivity contribution in [3.8, 4) is 0 Å². The first-order valence-corrected chi connectivity index (χ1v) is 7.16. The zero-order valence-electron chi connectivity index (χ0n) is 12.5. The van der Waals surface area contributed by atoms with Gasteiger partial charge in [0.15, 0.2) is 11.3 Å². The molecule has 2 atom stereocenters. The first-order valence-electron chi connectivity index (χ1n) is 7.16. The summed E-state index contributed by atoms with van der Waals surface area (Å²) in [7, 11) is 0. The summed E-state index contributed by atoms with van der Waals surface area (Å²) in [5, 5.41) is 9.84. The Morgan fingerprint density at radius 1 is 1.08 bits per heavy atom. The van der Waals surface area contributed by atoms with Crippen LogP contribution in [-0.4, -0.2) is 34.7 Å². The molecule has 0 radical (unpaired) electrons. The fourth-order valence-electron chi connectivity index (χ4n) is 3.06. The van der Waals surface area contributed by atoms with Crippen molar-refractivity contribution in [1.82, 2.24) is 0 Å². The second-order valence-electron chi connectivity index (χ2n) is 5.83. The summed E-state index contributed by atoms with van der Waals surface area (Å²) in [4.78, 5) is 35.5. The van der Waals surface area contributed by atoms with E-state index in [-0.39, 0.29) is 18.4 Å². The fourth-order valence-corrected chi connectivity index (χ4v) is 3.06. The molecule has 3 N–H and O–H groups in total. The smallest absolute Gasteiger partial charge is 0.411 e. The molecular formula is C15H12F3NO6. The third kappa shape index (κ3) is 2.40. The molecule has 10 heteroatoms. The Bertz CT molecular complexity index is 744. The van der Waals surface area contributed by atoms with Crippen molar-refractivity contribution in [3.63, 3.8) is 0 Å².